The van der Waals surface area contributed by atoms with Crippen LogP contribution in [0.1, 0.15) is 58.9 Å². The predicted octanol–water partition coefficient (Wildman–Crippen LogP) is 5.19. The van der Waals surface area contributed by atoms with E-state index in [1.54, 1.807) is 20.8 Å². The highest BCUT2D eigenvalue weighted by Gasteiger charge is 2.25. The zero-order valence-corrected chi connectivity index (χ0v) is 14.6. The van der Waals surface area contributed by atoms with E-state index in [0.29, 0.717) is 11.7 Å². The third kappa shape index (κ3) is 10.2. The van der Waals surface area contributed by atoms with Crippen LogP contribution in [-0.4, -0.2) is 28.5 Å². The number of aryl methyl sites for hydroxylation is 1. The molecule has 0 aliphatic rings. The fourth-order valence-corrected chi connectivity index (χ4v) is 1.56. The van der Waals surface area contributed by atoms with Gasteiger partial charge < -0.3 is 4.74 Å². The molecule has 0 saturated heterocycles. The van der Waals surface area contributed by atoms with Gasteiger partial charge in [0.05, 0.1) is 12.1 Å². The maximum absolute atomic E-state index is 11.3. The van der Waals surface area contributed by atoms with Crippen LogP contribution in [0.3, 0.4) is 0 Å². The van der Waals surface area contributed by atoms with Crippen molar-refractivity contribution in [3.63, 3.8) is 0 Å². The minimum Gasteiger partial charge on any atom is -0.448 e. The first-order valence-corrected chi connectivity index (χ1v) is 7.96. The van der Waals surface area contributed by atoms with E-state index in [1.807, 2.05) is 18.2 Å². The van der Waals surface area contributed by atoms with Crippen molar-refractivity contribution in [3.8, 4) is 0 Å². The molecular formula is C18H31NO3. The number of carbonyl (C=O) groups excluding carboxylic acids is 1. The average molecular weight is 309 g/mol. The Labute approximate surface area is 135 Å². The summed E-state index contributed by atoms with van der Waals surface area (Å²) in [5, 5.41) is 10.0. The second-order valence-corrected chi connectivity index (χ2v) is 6.31. The summed E-state index contributed by atoms with van der Waals surface area (Å²) in [5.74, 6) is 0. The number of ether oxygens (including phenoxy) is 1. The Morgan fingerprint density at radius 1 is 1.14 bits per heavy atom. The molecule has 4 nitrogen and oxygen atoms in total. The number of hydrogen-bond acceptors (Lipinski definition) is 3. The first kappa shape index (κ1) is 20.5. The van der Waals surface area contributed by atoms with Gasteiger partial charge >= 0.3 is 6.09 Å². The van der Waals surface area contributed by atoms with E-state index in [2.05, 4.69) is 26.0 Å². The second-order valence-electron chi connectivity index (χ2n) is 6.31. The summed E-state index contributed by atoms with van der Waals surface area (Å²) in [4.78, 5) is 11.3. The van der Waals surface area contributed by atoms with Crippen LogP contribution in [0.4, 0.5) is 4.79 Å². The zero-order valence-electron chi connectivity index (χ0n) is 14.6. The van der Waals surface area contributed by atoms with Crippen molar-refractivity contribution >= 4 is 6.09 Å². The third-order valence-electron chi connectivity index (χ3n) is 2.97. The number of carbonyl (C=O) groups is 1. The highest BCUT2D eigenvalue weighted by atomic mass is 16.6. The van der Waals surface area contributed by atoms with E-state index in [9.17, 15) is 10.0 Å². The topological polar surface area (TPSA) is 49.8 Å². The van der Waals surface area contributed by atoms with Gasteiger partial charge in [-0.1, -0.05) is 62.1 Å². The average Bonchev–Trinajstić information content (AvgIpc) is 2.46. The van der Waals surface area contributed by atoms with Gasteiger partial charge in [0.2, 0.25) is 0 Å². The van der Waals surface area contributed by atoms with Crippen molar-refractivity contribution in [1.29, 1.82) is 0 Å². The molecule has 0 unspecified atom stereocenters. The SMILES string of the molecule is CCCCCCOC(=O)N(O)C(C)(C)C.Cc1ccccc1. The van der Waals surface area contributed by atoms with Crippen LogP contribution in [0.25, 0.3) is 0 Å². The summed E-state index contributed by atoms with van der Waals surface area (Å²) < 4.78 is 4.91. The molecule has 1 rings (SSSR count). The first-order chi connectivity index (χ1) is 10.3. The van der Waals surface area contributed by atoms with Crippen molar-refractivity contribution < 1.29 is 14.7 Å². The summed E-state index contributed by atoms with van der Waals surface area (Å²) in [5.41, 5.74) is 0.711. The van der Waals surface area contributed by atoms with Gasteiger partial charge in [-0.2, -0.15) is 5.06 Å². The molecule has 0 spiro atoms. The second kappa shape index (κ2) is 11.1. The van der Waals surface area contributed by atoms with Gasteiger partial charge in [0.25, 0.3) is 0 Å². The van der Waals surface area contributed by atoms with E-state index in [0.717, 1.165) is 25.7 Å². The highest BCUT2D eigenvalue weighted by molar-refractivity contribution is 5.66. The van der Waals surface area contributed by atoms with Crippen molar-refractivity contribution in [2.24, 2.45) is 0 Å². The lowest BCUT2D eigenvalue weighted by Crippen LogP contribution is -2.43. The Morgan fingerprint density at radius 3 is 2.14 bits per heavy atom. The van der Waals surface area contributed by atoms with Crippen LogP contribution < -0.4 is 0 Å². The number of hydrogen-bond donors (Lipinski definition) is 1. The Kier molecular flexibility index (Phi) is 10.3. The van der Waals surface area contributed by atoms with Crippen molar-refractivity contribution in [1.82, 2.24) is 5.06 Å². The van der Waals surface area contributed by atoms with Crippen LogP contribution >= 0.6 is 0 Å². The van der Waals surface area contributed by atoms with E-state index in [-0.39, 0.29) is 0 Å². The maximum Gasteiger partial charge on any atom is 0.434 e. The molecule has 0 saturated carbocycles. The molecule has 0 atom stereocenters. The fraction of sp³-hybridized carbons (Fsp3) is 0.611. The molecule has 0 bridgehead atoms. The van der Waals surface area contributed by atoms with Gasteiger partial charge in [0.15, 0.2) is 0 Å². The van der Waals surface area contributed by atoms with E-state index in [4.69, 9.17) is 4.74 Å². The molecule has 0 aromatic heterocycles. The summed E-state index contributed by atoms with van der Waals surface area (Å²) in [6.45, 7) is 9.81. The minimum absolute atomic E-state index is 0.381. The molecule has 1 N–H and O–H groups in total. The molecular weight excluding hydrogens is 278 g/mol. The van der Waals surface area contributed by atoms with E-state index >= 15 is 0 Å². The van der Waals surface area contributed by atoms with E-state index in [1.165, 1.54) is 5.56 Å². The van der Waals surface area contributed by atoms with Crippen LogP contribution in [-0.2, 0) is 4.74 Å². The molecule has 1 aromatic carbocycles. The minimum atomic E-state index is -0.668. The van der Waals surface area contributed by atoms with Crippen LogP contribution in [0.5, 0.6) is 0 Å². The number of unbranched alkanes of at least 4 members (excludes halogenated alkanes) is 3. The number of nitrogens with zero attached hydrogens (tertiary/aromatic N) is 1. The van der Waals surface area contributed by atoms with Gasteiger partial charge in [-0.05, 0) is 34.1 Å². The molecule has 0 heterocycles. The zero-order chi connectivity index (χ0) is 17.0. The Morgan fingerprint density at radius 2 is 1.73 bits per heavy atom. The molecule has 1 aromatic rings. The summed E-state index contributed by atoms with van der Waals surface area (Å²) in [7, 11) is 0. The molecule has 126 valence electrons. The first-order valence-electron chi connectivity index (χ1n) is 7.96. The van der Waals surface area contributed by atoms with Gasteiger partial charge in [-0.3, -0.25) is 5.21 Å². The Hall–Kier alpha value is -1.55. The van der Waals surface area contributed by atoms with Crippen molar-refractivity contribution in [2.75, 3.05) is 6.61 Å². The molecule has 0 fully saturated rings. The Bertz CT molecular complexity index is 399. The monoisotopic (exact) mass is 309 g/mol. The molecule has 0 aliphatic heterocycles. The summed E-state index contributed by atoms with van der Waals surface area (Å²) >= 11 is 0. The highest BCUT2D eigenvalue weighted by Crippen LogP contribution is 2.11. The number of rotatable bonds is 5. The maximum atomic E-state index is 11.3. The largest absolute Gasteiger partial charge is 0.448 e. The molecule has 0 radical (unpaired) electrons. The van der Waals surface area contributed by atoms with Crippen LogP contribution in [0, 0.1) is 6.92 Å². The lowest BCUT2D eigenvalue weighted by Gasteiger charge is -2.28. The molecule has 22 heavy (non-hydrogen) atoms. The van der Waals surface area contributed by atoms with Crippen molar-refractivity contribution in [3.05, 3.63) is 35.9 Å². The van der Waals surface area contributed by atoms with Gasteiger partial charge in [-0.15, -0.1) is 0 Å². The molecule has 0 aliphatic carbocycles. The lowest BCUT2D eigenvalue weighted by atomic mass is 10.1. The Balaban J connectivity index is 0.000000518. The van der Waals surface area contributed by atoms with Gasteiger partial charge in [0.1, 0.15) is 0 Å². The fourth-order valence-electron chi connectivity index (χ4n) is 1.56. The smallest absolute Gasteiger partial charge is 0.434 e. The lowest BCUT2D eigenvalue weighted by molar-refractivity contribution is -0.130. The molecule has 1 amide bonds. The number of amides is 1. The quantitative estimate of drug-likeness (QED) is 0.462. The standard InChI is InChI=1S/C11H23NO3.C7H8/c1-5-6-7-8-9-15-10(13)12(14)11(2,3)4;1-7-5-3-2-4-6-7/h14H,5-9H2,1-4H3;2-6H,1H3. The summed E-state index contributed by atoms with van der Waals surface area (Å²) in [6, 6.07) is 10.3. The van der Waals surface area contributed by atoms with Crippen LogP contribution in [0.2, 0.25) is 0 Å². The van der Waals surface area contributed by atoms with Gasteiger partial charge in [-0.25, -0.2) is 4.79 Å². The van der Waals surface area contributed by atoms with Crippen molar-refractivity contribution in [2.45, 2.75) is 65.8 Å². The predicted molar refractivity (Wildman–Crippen MR) is 90.0 cm³/mol. The number of hydroxylamine groups is 2. The number of benzene rings is 1. The third-order valence-corrected chi connectivity index (χ3v) is 2.97. The normalized spacial score (nSPS) is 10.5. The molecule has 4 heteroatoms. The van der Waals surface area contributed by atoms with Gasteiger partial charge in [0, 0.05) is 0 Å². The van der Waals surface area contributed by atoms with Crippen LogP contribution in [0.15, 0.2) is 30.3 Å². The van der Waals surface area contributed by atoms with E-state index < -0.39 is 11.6 Å². The summed E-state index contributed by atoms with van der Waals surface area (Å²) in [6.07, 6.45) is 3.56.